The number of para-hydroxylation sites is 2. The molecule has 0 atom stereocenters. The smallest absolute Gasteiger partial charge is 0.169 e. The highest BCUT2D eigenvalue weighted by atomic mass is 35.5. The van der Waals surface area contributed by atoms with Crippen LogP contribution in [0.4, 0.5) is 0 Å². The monoisotopic (exact) mass is 277 g/mol. The third-order valence-electron chi connectivity index (χ3n) is 2.68. The first-order valence-corrected chi connectivity index (χ1v) is 6.36. The van der Waals surface area contributed by atoms with Gasteiger partial charge in [0.25, 0.3) is 0 Å². The quantitative estimate of drug-likeness (QED) is 0.900. The summed E-state index contributed by atoms with van der Waals surface area (Å²) in [6.45, 7) is 0.686. The molecule has 0 aliphatic rings. The van der Waals surface area contributed by atoms with Crippen molar-refractivity contribution in [3.05, 3.63) is 53.1 Å². The van der Waals surface area contributed by atoms with Gasteiger partial charge in [0.05, 0.1) is 7.11 Å². The minimum atomic E-state index is 0.685. The van der Waals surface area contributed by atoms with E-state index in [2.05, 4.69) is 5.32 Å². The van der Waals surface area contributed by atoms with Crippen molar-refractivity contribution in [1.82, 2.24) is 5.32 Å². The maximum atomic E-state index is 6.01. The minimum Gasteiger partial charge on any atom is -0.493 e. The molecule has 0 spiro atoms. The fraction of sp³-hybridized carbons (Fsp3) is 0.200. The van der Waals surface area contributed by atoms with Crippen molar-refractivity contribution >= 4 is 11.6 Å². The van der Waals surface area contributed by atoms with E-state index in [0.29, 0.717) is 23.1 Å². The molecule has 0 heterocycles. The van der Waals surface area contributed by atoms with Gasteiger partial charge in [0.15, 0.2) is 11.5 Å². The van der Waals surface area contributed by atoms with Crippen LogP contribution >= 0.6 is 11.6 Å². The Morgan fingerprint density at radius 3 is 2.47 bits per heavy atom. The molecule has 0 saturated carbocycles. The van der Waals surface area contributed by atoms with E-state index in [9.17, 15) is 0 Å². The van der Waals surface area contributed by atoms with Gasteiger partial charge in [0.2, 0.25) is 0 Å². The lowest BCUT2D eigenvalue weighted by Gasteiger charge is -2.13. The molecule has 2 aromatic carbocycles. The third kappa shape index (κ3) is 3.40. The summed E-state index contributed by atoms with van der Waals surface area (Å²) in [6.07, 6.45) is 0. The van der Waals surface area contributed by atoms with Crippen molar-refractivity contribution in [3.8, 4) is 17.2 Å². The molecular weight excluding hydrogens is 262 g/mol. The molecule has 0 unspecified atom stereocenters. The Balaban J connectivity index is 2.32. The summed E-state index contributed by atoms with van der Waals surface area (Å²) in [7, 11) is 3.51. The summed E-state index contributed by atoms with van der Waals surface area (Å²) in [5, 5.41) is 3.79. The van der Waals surface area contributed by atoms with E-state index in [1.165, 1.54) is 0 Å². The summed E-state index contributed by atoms with van der Waals surface area (Å²) in [5.41, 5.74) is 1.00. The van der Waals surface area contributed by atoms with E-state index in [1.54, 1.807) is 7.11 Å². The fourth-order valence-electron chi connectivity index (χ4n) is 1.80. The van der Waals surface area contributed by atoms with Crippen molar-refractivity contribution < 1.29 is 9.47 Å². The van der Waals surface area contributed by atoms with E-state index in [-0.39, 0.29) is 0 Å². The highest BCUT2D eigenvalue weighted by molar-refractivity contribution is 6.30. The summed E-state index contributed by atoms with van der Waals surface area (Å²) in [6, 6.07) is 13.1. The summed E-state index contributed by atoms with van der Waals surface area (Å²) >= 11 is 6.01. The molecule has 3 nitrogen and oxygen atoms in total. The largest absolute Gasteiger partial charge is 0.493 e. The molecular formula is C15H16ClNO2. The van der Waals surface area contributed by atoms with Gasteiger partial charge in [-0.2, -0.15) is 0 Å². The molecule has 4 heteroatoms. The van der Waals surface area contributed by atoms with E-state index in [4.69, 9.17) is 21.1 Å². The second kappa shape index (κ2) is 6.45. The molecule has 0 bridgehead atoms. The first kappa shape index (κ1) is 13.7. The molecule has 0 saturated heterocycles. The first-order chi connectivity index (χ1) is 9.24. The summed E-state index contributed by atoms with van der Waals surface area (Å²) in [5.74, 6) is 2.15. The molecule has 0 aromatic heterocycles. The Kier molecular flexibility index (Phi) is 4.66. The molecule has 19 heavy (non-hydrogen) atoms. The Bertz CT molecular complexity index is 558. The van der Waals surface area contributed by atoms with E-state index >= 15 is 0 Å². The van der Waals surface area contributed by atoms with Crippen molar-refractivity contribution in [1.29, 1.82) is 0 Å². The van der Waals surface area contributed by atoms with Crippen LogP contribution in [0.5, 0.6) is 17.2 Å². The van der Waals surface area contributed by atoms with Crippen molar-refractivity contribution in [2.45, 2.75) is 6.54 Å². The molecule has 0 radical (unpaired) electrons. The summed E-state index contributed by atoms with van der Waals surface area (Å²) < 4.78 is 11.2. The predicted octanol–water partition coefficient (Wildman–Crippen LogP) is 3.86. The molecule has 0 fully saturated rings. The van der Waals surface area contributed by atoms with Gasteiger partial charge in [-0.1, -0.05) is 23.7 Å². The van der Waals surface area contributed by atoms with Gasteiger partial charge in [-0.25, -0.2) is 0 Å². The average molecular weight is 278 g/mol. The fourth-order valence-corrected chi connectivity index (χ4v) is 1.99. The Morgan fingerprint density at radius 1 is 1.05 bits per heavy atom. The maximum Gasteiger partial charge on any atom is 0.169 e. The lowest BCUT2D eigenvalue weighted by Crippen LogP contribution is -2.06. The number of halogens is 1. The minimum absolute atomic E-state index is 0.685. The zero-order valence-electron chi connectivity index (χ0n) is 10.9. The van der Waals surface area contributed by atoms with Crippen LogP contribution in [0.3, 0.4) is 0 Å². The Morgan fingerprint density at radius 2 is 1.79 bits per heavy atom. The zero-order chi connectivity index (χ0) is 13.7. The number of methoxy groups -OCH3 is 1. The van der Waals surface area contributed by atoms with Gasteiger partial charge in [0.1, 0.15) is 5.75 Å². The number of nitrogens with one attached hydrogen (secondary N) is 1. The van der Waals surface area contributed by atoms with Gasteiger partial charge in [-0.3, -0.25) is 0 Å². The summed E-state index contributed by atoms with van der Waals surface area (Å²) in [4.78, 5) is 0. The molecule has 2 rings (SSSR count). The number of rotatable bonds is 5. The van der Waals surface area contributed by atoms with Crippen LogP contribution in [0.25, 0.3) is 0 Å². The molecule has 0 aliphatic carbocycles. The van der Waals surface area contributed by atoms with Crippen LogP contribution in [0.2, 0.25) is 5.02 Å². The van der Waals surface area contributed by atoms with Gasteiger partial charge in [-0.05, 0) is 37.4 Å². The van der Waals surface area contributed by atoms with Crippen molar-refractivity contribution in [3.63, 3.8) is 0 Å². The van der Waals surface area contributed by atoms with Crippen LogP contribution in [-0.2, 0) is 6.54 Å². The Labute approximate surface area is 118 Å². The van der Waals surface area contributed by atoms with Crippen molar-refractivity contribution in [2.75, 3.05) is 14.2 Å². The highest BCUT2D eigenvalue weighted by Gasteiger charge is 2.08. The van der Waals surface area contributed by atoms with Crippen molar-refractivity contribution in [2.24, 2.45) is 0 Å². The van der Waals surface area contributed by atoms with Gasteiger partial charge in [-0.15, -0.1) is 0 Å². The molecule has 0 amide bonds. The standard InChI is InChI=1S/C15H16ClNO2/c1-17-10-11-9-12(16)7-8-13(11)19-15-6-4-3-5-14(15)18-2/h3-9,17H,10H2,1-2H3. The third-order valence-corrected chi connectivity index (χ3v) is 2.91. The average Bonchev–Trinajstić information content (AvgIpc) is 2.43. The second-order valence-electron chi connectivity index (χ2n) is 4.04. The normalized spacial score (nSPS) is 10.3. The Hall–Kier alpha value is -1.71. The topological polar surface area (TPSA) is 30.5 Å². The van der Waals surface area contributed by atoms with Crippen LogP contribution in [0.1, 0.15) is 5.56 Å². The molecule has 2 aromatic rings. The molecule has 100 valence electrons. The van der Waals surface area contributed by atoms with Gasteiger partial charge >= 0.3 is 0 Å². The number of hydrogen-bond donors (Lipinski definition) is 1. The number of ether oxygens (including phenoxy) is 2. The van der Waals surface area contributed by atoms with Gasteiger partial charge in [0, 0.05) is 17.1 Å². The zero-order valence-corrected chi connectivity index (χ0v) is 11.7. The number of hydrogen-bond acceptors (Lipinski definition) is 3. The predicted molar refractivity (Wildman–Crippen MR) is 77.3 cm³/mol. The molecule has 0 aliphatic heterocycles. The van der Waals surface area contributed by atoms with E-state index in [0.717, 1.165) is 11.3 Å². The molecule has 1 N–H and O–H groups in total. The first-order valence-electron chi connectivity index (χ1n) is 5.98. The van der Waals surface area contributed by atoms with Gasteiger partial charge < -0.3 is 14.8 Å². The van der Waals surface area contributed by atoms with Crippen LogP contribution in [0.15, 0.2) is 42.5 Å². The maximum absolute atomic E-state index is 6.01. The van der Waals surface area contributed by atoms with E-state index in [1.807, 2.05) is 49.5 Å². The highest BCUT2D eigenvalue weighted by Crippen LogP contribution is 2.33. The van der Waals surface area contributed by atoms with Crippen LogP contribution < -0.4 is 14.8 Å². The SMILES string of the molecule is CNCc1cc(Cl)ccc1Oc1ccccc1OC. The van der Waals surface area contributed by atoms with E-state index < -0.39 is 0 Å². The second-order valence-corrected chi connectivity index (χ2v) is 4.47. The lowest BCUT2D eigenvalue weighted by atomic mass is 10.2. The van der Waals surface area contributed by atoms with Crippen LogP contribution in [-0.4, -0.2) is 14.2 Å². The lowest BCUT2D eigenvalue weighted by molar-refractivity contribution is 0.377. The van der Waals surface area contributed by atoms with Crippen LogP contribution in [0, 0.1) is 0 Å². The number of benzene rings is 2.